The number of nitrogens with two attached hydrogens (primary N) is 1. The maximum absolute atomic E-state index is 12.5. The van der Waals surface area contributed by atoms with Crippen LogP contribution in [0.5, 0.6) is 0 Å². The van der Waals surface area contributed by atoms with Gasteiger partial charge in [-0.25, -0.2) is 0 Å². The van der Waals surface area contributed by atoms with E-state index < -0.39 is 11.7 Å². The van der Waals surface area contributed by atoms with Gasteiger partial charge in [0.05, 0.1) is 17.2 Å². The fourth-order valence-electron chi connectivity index (χ4n) is 1.16. The van der Waals surface area contributed by atoms with Crippen LogP contribution in [0.25, 0.3) is 0 Å². The van der Waals surface area contributed by atoms with Crippen LogP contribution in [0.3, 0.4) is 0 Å². The Balaban J connectivity index is 3.17. The lowest BCUT2D eigenvalue weighted by Gasteiger charge is -2.07. The molecule has 0 aromatic heterocycles. The molecule has 1 aromatic carbocycles. The van der Waals surface area contributed by atoms with E-state index in [9.17, 15) is 13.2 Å². The van der Waals surface area contributed by atoms with Crippen LogP contribution >= 0.6 is 0 Å². The molecule has 2 N–H and O–H groups in total. The van der Waals surface area contributed by atoms with E-state index in [1.54, 1.807) is 6.07 Å². The van der Waals surface area contributed by atoms with Gasteiger partial charge in [0.15, 0.2) is 0 Å². The van der Waals surface area contributed by atoms with E-state index >= 15 is 0 Å². The van der Waals surface area contributed by atoms with Gasteiger partial charge in [0.1, 0.15) is 0 Å². The van der Waals surface area contributed by atoms with Crippen molar-refractivity contribution in [3.63, 3.8) is 0 Å². The first kappa shape index (κ1) is 13.1. The predicted octanol–water partition coefficient (Wildman–Crippen LogP) is 2.28. The molecular weight excluding hydrogens is 229 g/mol. The molecule has 17 heavy (non-hydrogen) atoms. The molecule has 2 nitrogen and oxygen atoms in total. The zero-order valence-electron chi connectivity index (χ0n) is 8.80. The van der Waals surface area contributed by atoms with Gasteiger partial charge in [-0.3, -0.25) is 0 Å². The van der Waals surface area contributed by atoms with Gasteiger partial charge in [-0.05, 0) is 18.2 Å². The SMILES string of the molecule is N#Cc1cc(C#CCCN)cc(C(F)(F)F)c1. The number of nitrogens with zero attached hydrogens (tertiary/aromatic N) is 1. The van der Waals surface area contributed by atoms with Crippen LogP contribution < -0.4 is 5.73 Å². The molecule has 5 heteroatoms. The third-order valence-electron chi connectivity index (χ3n) is 1.89. The minimum atomic E-state index is -4.48. The summed E-state index contributed by atoms with van der Waals surface area (Å²) in [6.07, 6.45) is -4.07. The first-order chi connectivity index (χ1) is 7.97. The summed E-state index contributed by atoms with van der Waals surface area (Å²) >= 11 is 0. The van der Waals surface area contributed by atoms with Crippen LogP contribution in [0.2, 0.25) is 0 Å². The van der Waals surface area contributed by atoms with Crippen molar-refractivity contribution in [1.82, 2.24) is 0 Å². The molecule has 0 spiro atoms. The van der Waals surface area contributed by atoms with Crippen LogP contribution in [-0.4, -0.2) is 6.54 Å². The average molecular weight is 238 g/mol. The van der Waals surface area contributed by atoms with Gasteiger partial charge in [-0.15, -0.1) is 0 Å². The van der Waals surface area contributed by atoms with E-state index in [0.717, 1.165) is 12.1 Å². The summed E-state index contributed by atoms with van der Waals surface area (Å²) in [5.41, 5.74) is 4.46. The Labute approximate surface area is 96.8 Å². The predicted molar refractivity (Wildman–Crippen MR) is 56.7 cm³/mol. The van der Waals surface area contributed by atoms with Crippen molar-refractivity contribution in [1.29, 1.82) is 5.26 Å². The lowest BCUT2D eigenvalue weighted by atomic mass is 10.1. The van der Waals surface area contributed by atoms with E-state index in [1.165, 1.54) is 6.07 Å². The molecule has 0 bridgehead atoms. The Hall–Kier alpha value is -1.98. The topological polar surface area (TPSA) is 49.8 Å². The van der Waals surface area contributed by atoms with E-state index in [1.807, 2.05) is 0 Å². The number of benzene rings is 1. The van der Waals surface area contributed by atoms with E-state index in [2.05, 4.69) is 11.8 Å². The Morgan fingerprint density at radius 1 is 1.18 bits per heavy atom. The van der Waals surface area contributed by atoms with E-state index in [-0.39, 0.29) is 11.1 Å². The highest BCUT2D eigenvalue weighted by atomic mass is 19.4. The molecule has 0 aliphatic carbocycles. The summed E-state index contributed by atoms with van der Waals surface area (Å²) in [6, 6.07) is 4.72. The van der Waals surface area contributed by atoms with Gasteiger partial charge < -0.3 is 5.73 Å². The van der Waals surface area contributed by atoms with Gasteiger partial charge in [-0.1, -0.05) is 11.8 Å². The number of hydrogen-bond acceptors (Lipinski definition) is 2. The molecule has 0 fully saturated rings. The molecule has 0 amide bonds. The Bertz CT molecular complexity index is 501. The van der Waals surface area contributed by atoms with Crippen molar-refractivity contribution in [3.05, 3.63) is 34.9 Å². The van der Waals surface area contributed by atoms with Crippen LogP contribution in [0.1, 0.15) is 23.1 Å². The second-order valence-corrected chi connectivity index (χ2v) is 3.25. The highest BCUT2D eigenvalue weighted by Crippen LogP contribution is 2.30. The number of alkyl halides is 3. The van der Waals surface area contributed by atoms with Crippen LogP contribution in [0.15, 0.2) is 18.2 Å². The fourth-order valence-corrected chi connectivity index (χ4v) is 1.16. The Morgan fingerprint density at radius 3 is 2.35 bits per heavy atom. The smallest absolute Gasteiger partial charge is 0.330 e. The second-order valence-electron chi connectivity index (χ2n) is 3.25. The average Bonchev–Trinajstić information content (AvgIpc) is 2.28. The standard InChI is InChI=1S/C12H9F3N2/c13-12(14,15)11-6-9(3-1-2-4-16)5-10(7-11)8-17/h5-7H,2,4,16H2. The maximum atomic E-state index is 12.5. The molecule has 0 atom stereocenters. The highest BCUT2D eigenvalue weighted by molar-refractivity contribution is 5.45. The van der Waals surface area contributed by atoms with Crippen molar-refractivity contribution in [2.75, 3.05) is 6.54 Å². The molecular formula is C12H9F3N2. The lowest BCUT2D eigenvalue weighted by molar-refractivity contribution is -0.137. The zero-order chi connectivity index (χ0) is 12.9. The number of nitriles is 1. The van der Waals surface area contributed by atoms with Gasteiger partial charge in [-0.2, -0.15) is 18.4 Å². The Morgan fingerprint density at radius 2 is 1.82 bits per heavy atom. The Kier molecular flexibility index (Phi) is 4.14. The summed E-state index contributed by atoms with van der Waals surface area (Å²) in [5, 5.41) is 8.64. The molecule has 0 saturated heterocycles. The molecule has 0 aliphatic heterocycles. The quantitative estimate of drug-likeness (QED) is 0.763. The zero-order valence-corrected chi connectivity index (χ0v) is 8.80. The summed E-state index contributed by atoms with van der Waals surface area (Å²) in [4.78, 5) is 0. The number of rotatable bonds is 1. The molecule has 0 aliphatic rings. The van der Waals surface area contributed by atoms with Crippen molar-refractivity contribution in [2.24, 2.45) is 5.73 Å². The lowest BCUT2D eigenvalue weighted by Crippen LogP contribution is -2.05. The minimum Gasteiger partial charge on any atom is -0.330 e. The highest BCUT2D eigenvalue weighted by Gasteiger charge is 2.31. The molecule has 1 rings (SSSR count). The minimum absolute atomic E-state index is 0.0585. The van der Waals surface area contributed by atoms with Crippen molar-refractivity contribution in [2.45, 2.75) is 12.6 Å². The normalized spacial score (nSPS) is 10.3. The van der Waals surface area contributed by atoms with E-state index in [0.29, 0.717) is 13.0 Å². The summed E-state index contributed by atoms with van der Waals surface area (Å²) in [5.74, 6) is 5.18. The van der Waals surface area contributed by atoms with Crippen molar-refractivity contribution in [3.8, 4) is 17.9 Å². The van der Waals surface area contributed by atoms with Gasteiger partial charge in [0.25, 0.3) is 0 Å². The van der Waals surface area contributed by atoms with Gasteiger partial charge in [0, 0.05) is 18.5 Å². The third-order valence-corrected chi connectivity index (χ3v) is 1.89. The van der Waals surface area contributed by atoms with Crippen molar-refractivity contribution >= 4 is 0 Å². The molecule has 0 radical (unpaired) electrons. The first-order valence-corrected chi connectivity index (χ1v) is 4.78. The maximum Gasteiger partial charge on any atom is 0.416 e. The van der Waals surface area contributed by atoms with E-state index in [4.69, 9.17) is 11.0 Å². The molecule has 0 saturated carbocycles. The largest absolute Gasteiger partial charge is 0.416 e. The molecule has 0 unspecified atom stereocenters. The van der Waals surface area contributed by atoms with Crippen LogP contribution in [0, 0.1) is 23.2 Å². The van der Waals surface area contributed by atoms with Crippen LogP contribution in [-0.2, 0) is 6.18 Å². The van der Waals surface area contributed by atoms with Crippen LogP contribution in [0.4, 0.5) is 13.2 Å². The number of hydrogen-bond donors (Lipinski definition) is 1. The summed E-state index contributed by atoms with van der Waals surface area (Å²) < 4.78 is 37.5. The summed E-state index contributed by atoms with van der Waals surface area (Å²) in [7, 11) is 0. The summed E-state index contributed by atoms with van der Waals surface area (Å²) in [6.45, 7) is 0.344. The molecule has 1 aromatic rings. The molecule has 0 heterocycles. The third kappa shape index (κ3) is 3.82. The van der Waals surface area contributed by atoms with Gasteiger partial charge >= 0.3 is 6.18 Å². The first-order valence-electron chi connectivity index (χ1n) is 4.78. The van der Waals surface area contributed by atoms with Gasteiger partial charge in [0.2, 0.25) is 0 Å². The number of halogens is 3. The monoisotopic (exact) mass is 238 g/mol. The molecule has 88 valence electrons. The fraction of sp³-hybridized carbons (Fsp3) is 0.250. The van der Waals surface area contributed by atoms with Crippen molar-refractivity contribution < 1.29 is 13.2 Å². The second kappa shape index (κ2) is 5.38.